The number of hydrogen-bond donors (Lipinski definition) is 0. The van der Waals surface area contributed by atoms with E-state index in [4.69, 9.17) is 27.9 Å². The molecular weight excluding hydrogens is 383 g/mol. The van der Waals surface area contributed by atoms with Gasteiger partial charge in [-0.2, -0.15) is 13.2 Å². The first-order valence-corrected chi connectivity index (χ1v) is 7.97. The summed E-state index contributed by atoms with van der Waals surface area (Å²) in [6.07, 6.45) is -4.37. The quantitative estimate of drug-likeness (QED) is 0.477. The number of carbonyl (C=O) groups is 1. The Bertz CT molecular complexity index is 849. The maximum atomic E-state index is 13.4. The van der Waals surface area contributed by atoms with E-state index >= 15 is 0 Å². The number of rotatable bonds is 2. The molecule has 0 spiro atoms. The lowest BCUT2D eigenvalue weighted by Crippen LogP contribution is -2.18. The average molecular weight is 393 g/mol. The lowest BCUT2D eigenvalue weighted by Gasteiger charge is -2.28. The fourth-order valence-corrected chi connectivity index (χ4v) is 3.39. The minimum Gasteiger partial charge on any atom is -0.493 e. The third-order valence-electron chi connectivity index (χ3n) is 4.05. The maximum Gasteiger partial charge on any atom is 0.417 e. The van der Waals surface area contributed by atoms with Crippen LogP contribution in [-0.2, 0) is 6.18 Å². The Morgan fingerprint density at radius 2 is 1.88 bits per heavy atom. The Hall–Kier alpha value is -1.79. The second-order valence-corrected chi connectivity index (χ2v) is 6.31. The Morgan fingerprint density at radius 1 is 1.16 bits per heavy atom. The van der Waals surface area contributed by atoms with Crippen LogP contribution >= 0.6 is 23.2 Å². The van der Waals surface area contributed by atoms with Crippen LogP contribution < -0.4 is 4.74 Å². The van der Waals surface area contributed by atoms with Crippen LogP contribution in [0.3, 0.4) is 0 Å². The highest BCUT2D eigenvalue weighted by atomic mass is 35.5. The lowest BCUT2D eigenvalue weighted by molar-refractivity contribution is -0.137. The highest BCUT2D eigenvalue weighted by molar-refractivity contribution is 6.68. The summed E-state index contributed by atoms with van der Waals surface area (Å²) >= 11 is 11.2. The van der Waals surface area contributed by atoms with E-state index in [9.17, 15) is 22.4 Å². The van der Waals surface area contributed by atoms with E-state index < -0.39 is 33.7 Å². The molecule has 2 aromatic rings. The molecule has 0 bridgehead atoms. The summed E-state index contributed by atoms with van der Waals surface area (Å²) in [6.45, 7) is 0.168. The first kappa shape index (κ1) is 18.0. The van der Waals surface area contributed by atoms with Crippen LogP contribution in [0.2, 0.25) is 5.02 Å². The van der Waals surface area contributed by atoms with Crippen molar-refractivity contribution in [2.75, 3.05) is 6.61 Å². The van der Waals surface area contributed by atoms with Gasteiger partial charge in [-0.25, -0.2) is 4.39 Å². The van der Waals surface area contributed by atoms with Crippen molar-refractivity contribution in [1.29, 1.82) is 0 Å². The predicted molar refractivity (Wildman–Crippen MR) is 85.0 cm³/mol. The Labute approximate surface area is 150 Å². The van der Waals surface area contributed by atoms with E-state index in [2.05, 4.69) is 0 Å². The Kier molecular flexibility index (Phi) is 4.68. The van der Waals surface area contributed by atoms with Crippen LogP contribution in [0.4, 0.5) is 17.6 Å². The first-order valence-electron chi connectivity index (χ1n) is 7.21. The summed E-state index contributed by atoms with van der Waals surface area (Å²) in [5.74, 6) is -0.895. The van der Waals surface area contributed by atoms with Crippen molar-refractivity contribution in [1.82, 2.24) is 0 Å². The number of alkyl halides is 3. The first-order chi connectivity index (χ1) is 11.7. The van der Waals surface area contributed by atoms with Crippen molar-refractivity contribution in [3.05, 3.63) is 63.4 Å². The number of benzene rings is 2. The maximum absolute atomic E-state index is 13.4. The summed E-state index contributed by atoms with van der Waals surface area (Å²) in [5.41, 5.74) is -0.585. The zero-order valence-electron chi connectivity index (χ0n) is 12.5. The van der Waals surface area contributed by atoms with E-state index in [1.807, 2.05) is 0 Å². The smallest absolute Gasteiger partial charge is 0.417 e. The molecular formula is C17H10Cl2F4O2. The van der Waals surface area contributed by atoms with Gasteiger partial charge in [0.2, 0.25) is 0 Å². The van der Waals surface area contributed by atoms with Crippen molar-refractivity contribution in [3.63, 3.8) is 0 Å². The molecule has 1 aliphatic rings. The van der Waals surface area contributed by atoms with Crippen LogP contribution in [0.5, 0.6) is 5.75 Å². The molecule has 1 heterocycles. The van der Waals surface area contributed by atoms with E-state index in [1.54, 1.807) is 0 Å². The third-order valence-corrected chi connectivity index (χ3v) is 4.56. The predicted octanol–water partition coefficient (Wildman–Crippen LogP) is 5.79. The van der Waals surface area contributed by atoms with Gasteiger partial charge in [-0.05, 0) is 41.8 Å². The zero-order chi connectivity index (χ0) is 18.4. The molecule has 0 saturated carbocycles. The normalized spacial score (nSPS) is 17.0. The molecule has 0 radical (unpaired) electrons. The van der Waals surface area contributed by atoms with Crippen molar-refractivity contribution < 1.29 is 27.1 Å². The number of ether oxygens (including phenoxy) is 1. The van der Waals surface area contributed by atoms with Gasteiger partial charge in [-0.15, -0.1) is 0 Å². The highest BCUT2D eigenvalue weighted by Gasteiger charge is 2.36. The third kappa shape index (κ3) is 3.46. The largest absolute Gasteiger partial charge is 0.493 e. The van der Waals surface area contributed by atoms with Crippen molar-refractivity contribution >= 4 is 28.4 Å². The minimum absolute atomic E-state index is 0.0906. The molecule has 0 saturated heterocycles. The summed E-state index contributed by atoms with van der Waals surface area (Å²) in [4.78, 5) is 11.7. The molecule has 1 aliphatic heterocycles. The van der Waals surface area contributed by atoms with Crippen molar-refractivity contribution in [2.45, 2.75) is 18.5 Å². The van der Waals surface area contributed by atoms with Gasteiger partial charge in [-0.3, -0.25) is 4.79 Å². The minimum atomic E-state index is -4.68. The fraction of sp³-hybridized carbons (Fsp3) is 0.235. The molecule has 0 fully saturated rings. The topological polar surface area (TPSA) is 26.3 Å². The molecule has 2 nitrogen and oxygen atoms in total. The average Bonchev–Trinajstić information content (AvgIpc) is 2.52. The number of carbonyl (C=O) groups excluding carboxylic acids is 1. The SMILES string of the molecule is O=C(Cl)c1cc(Cl)c(C(F)(F)F)cc1C1CCOc2cc(F)ccc21. The van der Waals surface area contributed by atoms with Crippen LogP contribution in [0, 0.1) is 5.82 Å². The van der Waals surface area contributed by atoms with Gasteiger partial charge >= 0.3 is 6.18 Å². The Balaban J connectivity index is 2.22. The summed E-state index contributed by atoms with van der Waals surface area (Å²) < 4.78 is 58.4. The lowest BCUT2D eigenvalue weighted by atomic mass is 9.83. The van der Waals surface area contributed by atoms with E-state index in [-0.39, 0.29) is 23.5 Å². The molecule has 1 unspecified atom stereocenters. The van der Waals surface area contributed by atoms with Crippen LogP contribution in [-0.4, -0.2) is 11.8 Å². The van der Waals surface area contributed by atoms with Crippen LogP contribution in [0.1, 0.15) is 39.4 Å². The van der Waals surface area contributed by atoms with Gasteiger partial charge in [0, 0.05) is 23.1 Å². The second-order valence-electron chi connectivity index (χ2n) is 5.56. The van der Waals surface area contributed by atoms with Crippen molar-refractivity contribution in [3.8, 4) is 5.75 Å². The van der Waals surface area contributed by atoms with Gasteiger partial charge in [0.1, 0.15) is 11.6 Å². The summed E-state index contributed by atoms with van der Waals surface area (Å²) in [5, 5.41) is -1.52. The molecule has 2 aromatic carbocycles. The Morgan fingerprint density at radius 3 is 2.52 bits per heavy atom. The highest BCUT2D eigenvalue weighted by Crippen LogP contribution is 2.44. The molecule has 0 aromatic heterocycles. The van der Waals surface area contributed by atoms with E-state index in [0.717, 1.165) is 18.2 Å². The van der Waals surface area contributed by atoms with Crippen LogP contribution in [0.25, 0.3) is 0 Å². The van der Waals surface area contributed by atoms with Gasteiger partial charge in [0.05, 0.1) is 17.2 Å². The molecule has 0 aliphatic carbocycles. The summed E-state index contributed by atoms with van der Waals surface area (Å²) in [7, 11) is 0. The van der Waals surface area contributed by atoms with E-state index in [0.29, 0.717) is 12.0 Å². The van der Waals surface area contributed by atoms with E-state index in [1.165, 1.54) is 12.1 Å². The molecule has 3 rings (SSSR count). The number of hydrogen-bond acceptors (Lipinski definition) is 2. The molecule has 132 valence electrons. The van der Waals surface area contributed by atoms with Crippen LogP contribution in [0.15, 0.2) is 30.3 Å². The van der Waals surface area contributed by atoms with Gasteiger partial charge in [-0.1, -0.05) is 17.7 Å². The van der Waals surface area contributed by atoms with Gasteiger partial charge in [0.15, 0.2) is 0 Å². The molecule has 0 N–H and O–H groups in total. The van der Waals surface area contributed by atoms with Gasteiger partial charge in [0.25, 0.3) is 5.24 Å². The number of halogens is 6. The van der Waals surface area contributed by atoms with Crippen molar-refractivity contribution in [2.24, 2.45) is 0 Å². The van der Waals surface area contributed by atoms with Gasteiger partial charge < -0.3 is 4.74 Å². The monoisotopic (exact) mass is 392 g/mol. The molecule has 0 amide bonds. The zero-order valence-corrected chi connectivity index (χ0v) is 14.0. The summed E-state index contributed by atoms with van der Waals surface area (Å²) in [6, 6.07) is 5.53. The standard InChI is InChI=1S/C17H10Cl2F4O2/c18-14-7-12(16(19)24)11(6-13(14)17(21,22)23)9-3-4-25-15-5-8(20)1-2-10(9)15/h1-2,5-7,9H,3-4H2. The molecule has 25 heavy (non-hydrogen) atoms. The molecule has 1 atom stereocenters. The number of fused-ring (bicyclic) bond motifs is 1. The molecule has 8 heteroatoms. The fourth-order valence-electron chi connectivity index (χ4n) is 2.95. The second kappa shape index (κ2) is 6.50.